The Morgan fingerprint density at radius 1 is 1.25 bits per heavy atom. The summed E-state index contributed by atoms with van der Waals surface area (Å²) in [7, 11) is 0. The number of fused-ring (bicyclic) bond motifs is 2. The van der Waals surface area contributed by atoms with Gasteiger partial charge in [0.05, 0.1) is 25.0 Å². The topological polar surface area (TPSA) is 79.7 Å². The zero-order valence-electron chi connectivity index (χ0n) is 15.7. The molecule has 1 aromatic carbocycles. The van der Waals surface area contributed by atoms with Crippen molar-refractivity contribution in [2.75, 3.05) is 36.5 Å². The first-order valence-corrected chi connectivity index (χ1v) is 9.90. The van der Waals surface area contributed by atoms with Crippen LogP contribution in [0.2, 0.25) is 0 Å². The number of nitrogens with one attached hydrogen (secondary N) is 1. The standard InChI is InChI=1S/C21H23N5O2/c27-19-13-24-20-21(26(19)6-3-14-4-7-28-8-5-14)25-18(12-23-20)15-1-2-16-10-22-11-17(16)9-15/h1-2,9,11-12,14H,3-8,10,13H2,(H,23,24). The van der Waals surface area contributed by atoms with Crippen LogP contribution in [0.15, 0.2) is 29.4 Å². The quantitative estimate of drug-likeness (QED) is 0.886. The Hall–Kier alpha value is -2.80. The molecule has 0 aliphatic carbocycles. The van der Waals surface area contributed by atoms with Gasteiger partial charge in [-0.2, -0.15) is 0 Å². The predicted molar refractivity (Wildman–Crippen MR) is 108 cm³/mol. The number of hydrogen-bond acceptors (Lipinski definition) is 6. The minimum absolute atomic E-state index is 0.0482. The molecular weight excluding hydrogens is 354 g/mol. The number of ether oxygens (including phenoxy) is 1. The van der Waals surface area contributed by atoms with Crippen molar-refractivity contribution in [1.82, 2.24) is 9.97 Å². The fourth-order valence-corrected chi connectivity index (χ4v) is 4.04. The van der Waals surface area contributed by atoms with E-state index in [1.807, 2.05) is 12.3 Å². The largest absolute Gasteiger partial charge is 0.381 e. The Morgan fingerprint density at radius 3 is 3.04 bits per heavy atom. The van der Waals surface area contributed by atoms with Gasteiger partial charge in [0.15, 0.2) is 11.6 Å². The van der Waals surface area contributed by atoms with E-state index >= 15 is 0 Å². The maximum Gasteiger partial charge on any atom is 0.247 e. The van der Waals surface area contributed by atoms with Gasteiger partial charge in [0.1, 0.15) is 0 Å². The van der Waals surface area contributed by atoms with Crippen molar-refractivity contribution in [3.8, 4) is 11.3 Å². The Bertz CT molecular complexity index is 936. The number of hydrogen-bond donors (Lipinski definition) is 1. The highest BCUT2D eigenvalue weighted by Crippen LogP contribution is 2.31. The van der Waals surface area contributed by atoms with Crippen LogP contribution in [0.3, 0.4) is 0 Å². The first-order chi connectivity index (χ1) is 13.8. The number of benzene rings is 1. The second-order valence-electron chi connectivity index (χ2n) is 7.55. The van der Waals surface area contributed by atoms with Crippen molar-refractivity contribution in [3.05, 3.63) is 35.5 Å². The molecule has 5 rings (SSSR count). The lowest BCUT2D eigenvalue weighted by atomic mass is 9.96. The van der Waals surface area contributed by atoms with Crippen molar-refractivity contribution in [2.24, 2.45) is 10.9 Å². The van der Waals surface area contributed by atoms with Gasteiger partial charge in [0.2, 0.25) is 5.91 Å². The van der Waals surface area contributed by atoms with Crippen LogP contribution in [0.1, 0.15) is 30.4 Å². The normalized spacial score (nSPS) is 18.7. The maximum atomic E-state index is 12.6. The number of aromatic nitrogens is 2. The monoisotopic (exact) mass is 377 g/mol. The summed E-state index contributed by atoms with van der Waals surface area (Å²) in [6, 6.07) is 6.23. The molecule has 28 heavy (non-hydrogen) atoms. The summed E-state index contributed by atoms with van der Waals surface area (Å²) in [5.74, 6) is 1.96. The van der Waals surface area contributed by atoms with Crippen LogP contribution < -0.4 is 10.2 Å². The molecule has 0 spiro atoms. The van der Waals surface area contributed by atoms with Crippen LogP contribution in [0.5, 0.6) is 0 Å². The Morgan fingerprint density at radius 2 is 2.14 bits per heavy atom. The molecule has 7 nitrogen and oxygen atoms in total. The van der Waals surface area contributed by atoms with Crippen LogP contribution in [-0.4, -0.2) is 48.4 Å². The Labute approximate surface area is 163 Å². The van der Waals surface area contributed by atoms with E-state index in [2.05, 4.69) is 27.4 Å². The highest BCUT2D eigenvalue weighted by molar-refractivity contribution is 6.01. The highest BCUT2D eigenvalue weighted by Gasteiger charge is 2.28. The highest BCUT2D eigenvalue weighted by atomic mass is 16.5. The number of carbonyl (C=O) groups excluding carboxylic acids is 1. The van der Waals surface area contributed by atoms with Gasteiger partial charge in [0, 0.05) is 31.5 Å². The molecule has 7 heteroatoms. The van der Waals surface area contributed by atoms with E-state index in [0.717, 1.165) is 55.8 Å². The molecule has 1 fully saturated rings. The zero-order chi connectivity index (χ0) is 18.9. The smallest absolute Gasteiger partial charge is 0.247 e. The molecule has 1 amide bonds. The lowest BCUT2D eigenvalue weighted by Gasteiger charge is -2.30. The van der Waals surface area contributed by atoms with Gasteiger partial charge in [-0.05, 0) is 42.4 Å². The Kier molecular flexibility index (Phi) is 4.52. The number of aliphatic imine (C=N–C) groups is 1. The van der Waals surface area contributed by atoms with Gasteiger partial charge in [-0.3, -0.25) is 14.7 Å². The van der Waals surface area contributed by atoms with Crippen LogP contribution in [0.25, 0.3) is 11.3 Å². The van der Waals surface area contributed by atoms with Gasteiger partial charge < -0.3 is 10.1 Å². The van der Waals surface area contributed by atoms with Gasteiger partial charge >= 0.3 is 0 Å². The molecule has 1 aromatic heterocycles. The summed E-state index contributed by atoms with van der Waals surface area (Å²) < 4.78 is 5.44. The molecule has 0 bridgehead atoms. The average Bonchev–Trinajstić information content (AvgIpc) is 3.21. The molecule has 0 atom stereocenters. The first-order valence-electron chi connectivity index (χ1n) is 9.90. The fraction of sp³-hybridized carbons (Fsp3) is 0.429. The minimum Gasteiger partial charge on any atom is -0.381 e. The van der Waals surface area contributed by atoms with E-state index in [4.69, 9.17) is 9.72 Å². The third-order valence-electron chi connectivity index (χ3n) is 5.75. The second-order valence-corrected chi connectivity index (χ2v) is 7.55. The van der Waals surface area contributed by atoms with Crippen molar-refractivity contribution < 1.29 is 9.53 Å². The summed E-state index contributed by atoms with van der Waals surface area (Å²) in [6.45, 7) is 3.33. The molecule has 3 aliphatic rings. The van der Waals surface area contributed by atoms with E-state index in [1.165, 1.54) is 5.56 Å². The van der Waals surface area contributed by atoms with Crippen LogP contribution in [0, 0.1) is 5.92 Å². The molecule has 144 valence electrons. The summed E-state index contributed by atoms with van der Waals surface area (Å²) in [5.41, 5.74) is 4.12. The first kappa shape index (κ1) is 17.3. The maximum absolute atomic E-state index is 12.6. The van der Waals surface area contributed by atoms with Crippen molar-refractivity contribution >= 4 is 23.8 Å². The number of nitrogens with zero attached hydrogens (tertiary/aromatic N) is 4. The van der Waals surface area contributed by atoms with Gasteiger partial charge in [-0.1, -0.05) is 12.1 Å². The van der Waals surface area contributed by atoms with Crippen LogP contribution >= 0.6 is 0 Å². The van der Waals surface area contributed by atoms with Crippen LogP contribution in [-0.2, 0) is 16.1 Å². The number of carbonyl (C=O) groups is 1. The van der Waals surface area contributed by atoms with E-state index in [-0.39, 0.29) is 12.5 Å². The summed E-state index contributed by atoms with van der Waals surface area (Å²) >= 11 is 0. The van der Waals surface area contributed by atoms with Crippen molar-refractivity contribution in [1.29, 1.82) is 0 Å². The molecule has 1 saturated heterocycles. The second kappa shape index (κ2) is 7.31. The number of amides is 1. The SMILES string of the molecule is O=C1CNc2ncc(-c3ccc4c(c3)C=NC4)nc2N1CCC1CCOCC1. The molecule has 2 aromatic rings. The zero-order valence-corrected chi connectivity index (χ0v) is 15.7. The van der Waals surface area contributed by atoms with Gasteiger partial charge in [-0.25, -0.2) is 9.97 Å². The van der Waals surface area contributed by atoms with Crippen molar-refractivity contribution in [2.45, 2.75) is 25.8 Å². The van der Waals surface area contributed by atoms with E-state index < -0.39 is 0 Å². The predicted octanol–water partition coefficient (Wildman–Crippen LogP) is 2.65. The van der Waals surface area contributed by atoms with E-state index in [0.29, 0.717) is 24.1 Å². The van der Waals surface area contributed by atoms with Crippen molar-refractivity contribution in [3.63, 3.8) is 0 Å². The third kappa shape index (κ3) is 3.26. The number of rotatable bonds is 4. The summed E-state index contributed by atoms with van der Waals surface area (Å²) in [5, 5.41) is 3.09. The lowest BCUT2D eigenvalue weighted by Crippen LogP contribution is -2.42. The molecule has 0 saturated carbocycles. The molecule has 4 heterocycles. The fourth-order valence-electron chi connectivity index (χ4n) is 4.04. The van der Waals surface area contributed by atoms with Crippen LogP contribution in [0.4, 0.5) is 11.6 Å². The molecular formula is C21H23N5O2. The molecule has 1 N–H and O–H groups in total. The average molecular weight is 377 g/mol. The molecule has 0 radical (unpaired) electrons. The van der Waals surface area contributed by atoms with Gasteiger partial charge in [0.25, 0.3) is 0 Å². The summed E-state index contributed by atoms with van der Waals surface area (Å²) in [6.07, 6.45) is 6.77. The van der Waals surface area contributed by atoms with E-state index in [9.17, 15) is 4.79 Å². The number of anilines is 2. The Balaban J connectivity index is 1.42. The third-order valence-corrected chi connectivity index (χ3v) is 5.75. The lowest BCUT2D eigenvalue weighted by molar-refractivity contribution is -0.117. The van der Waals surface area contributed by atoms with E-state index in [1.54, 1.807) is 11.1 Å². The summed E-state index contributed by atoms with van der Waals surface area (Å²) in [4.78, 5) is 28.1. The minimum atomic E-state index is 0.0482. The molecule has 0 unspecified atom stereocenters. The molecule has 3 aliphatic heterocycles. The van der Waals surface area contributed by atoms with Gasteiger partial charge in [-0.15, -0.1) is 0 Å².